The van der Waals surface area contributed by atoms with E-state index in [1.807, 2.05) is 37.3 Å². The zero-order valence-electron chi connectivity index (χ0n) is 14.9. The Labute approximate surface area is 173 Å². The van der Waals surface area contributed by atoms with E-state index in [2.05, 4.69) is 36.1 Å². The number of aromatic nitrogens is 5. The third kappa shape index (κ3) is 4.42. The van der Waals surface area contributed by atoms with E-state index >= 15 is 0 Å². The van der Waals surface area contributed by atoms with Gasteiger partial charge in [-0.1, -0.05) is 29.5 Å². The molecule has 1 aromatic carbocycles. The fourth-order valence-electron chi connectivity index (χ4n) is 2.53. The van der Waals surface area contributed by atoms with Crippen LogP contribution in [0.25, 0.3) is 5.65 Å². The molecule has 0 saturated carbocycles. The molecule has 0 unspecified atom stereocenters. The summed E-state index contributed by atoms with van der Waals surface area (Å²) in [7, 11) is 0. The van der Waals surface area contributed by atoms with Gasteiger partial charge in [0.05, 0.1) is 5.69 Å². The number of nitrogens with zero attached hydrogens (tertiary/aromatic N) is 4. The van der Waals surface area contributed by atoms with Crippen molar-refractivity contribution in [2.45, 2.75) is 24.4 Å². The second-order valence-electron chi connectivity index (χ2n) is 6.12. The Morgan fingerprint density at radius 1 is 1.18 bits per heavy atom. The molecule has 9 heteroatoms. The van der Waals surface area contributed by atoms with Gasteiger partial charge < -0.3 is 4.74 Å². The molecular weight excluding hydrogens is 442 g/mol. The van der Waals surface area contributed by atoms with Crippen molar-refractivity contribution >= 4 is 33.3 Å². The number of aryl methyl sites for hydroxylation is 1. The predicted octanol–water partition coefficient (Wildman–Crippen LogP) is 3.75. The Hall–Kier alpha value is -2.65. The van der Waals surface area contributed by atoms with E-state index < -0.39 is 0 Å². The number of hydrogen-bond donors (Lipinski definition) is 1. The van der Waals surface area contributed by atoms with Crippen molar-refractivity contribution in [1.29, 1.82) is 0 Å². The number of H-pyrrole nitrogens is 1. The van der Waals surface area contributed by atoms with Gasteiger partial charge in [0.15, 0.2) is 5.82 Å². The maximum atomic E-state index is 12.2. The molecule has 4 aromatic rings. The molecule has 0 fully saturated rings. The summed E-state index contributed by atoms with van der Waals surface area (Å²) in [5.74, 6) is 1.92. The number of nitrogens with one attached hydrogen (secondary N) is 1. The molecule has 142 valence electrons. The highest BCUT2D eigenvalue weighted by molar-refractivity contribution is 9.10. The molecule has 7 nitrogen and oxygen atoms in total. The van der Waals surface area contributed by atoms with Gasteiger partial charge in [0, 0.05) is 22.5 Å². The standard InChI is InChI=1S/C19H16BrN5O2S/c1-12-2-5-15(6-3-12)27-10-16-22-19(24-23-16)28-11-14-8-18(26)25-9-13(20)4-7-17(25)21-14/h2-9H,10-11H2,1H3,(H,22,23,24). The monoisotopic (exact) mass is 457 g/mol. The van der Waals surface area contributed by atoms with Gasteiger partial charge in [0.25, 0.3) is 5.56 Å². The van der Waals surface area contributed by atoms with Crippen molar-refractivity contribution in [3.05, 3.63) is 80.6 Å². The lowest BCUT2D eigenvalue weighted by Gasteiger charge is -2.04. The van der Waals surface area contributed by atoms with Crippen LogP contribution < -0.4 is 10.3 Å². The first-order chi connectivity index (χ1) is 13.6. The van der Waals surface area contributed by atoms with Crippen LogP contribution in [0.4, 0.5) is 0 Å². The molecule has 0 aliphatic heterocycles. The van der Waals surface area contributed by atoms with E-state index in [1.54, 1.807) is 12.3 Å². The van der Waals surface area contributed by atoms with Crippen molar-refractivity contribution in [3.8, 4) is 5.75 Å². The van der Waals surface area contributed by atoms with Crippen LogP contribution in [0.15, 0.2) is 63.1 Å². The molecule has 0 radical (unpaired) electrons. The van der Waals surface area contributed by atoms with Crippen LogP contribution in [0.1, 0.15) is 17.1 Å². The van der Waals surface area contributed by atoms with Crippen LogP contribution in [-0.2, 0) is 12.4 Å². The number of pyridine rings is 1. The first-order valence-electron chi connectivity index (χ1n) is 8.48. The maximum absolute atomic E-state index is 12.2. The first kappa shape index (κ1) is 18.7. The van der Waals surface area contributed by atoms with Crippen LogP contribution in [0.5, 0.6) is 5.75 Å². The number of halogens is 1. The normalized spacial score (nSPS) is 11.1. The maximum Gasteiger partial charge on any atom is 0.258 e. The zero-order valence-corrected chi connectivity index (χ0v) is 17.3. The molecule has 0 saturated heterocycles. The highest BCUT2D eigenvalue weighted by Gasteiger charge is 2.08. The summed E-state index contributed by atoms with van der Waals surface area (Å²) >= 11 is 4.77. The van der Waals surface area contributed by atoms with Gasteiger partial charge in [-0.05, 0) is 47.1 Å². The summed E-state index contributed by atoms with van der Waals surface area (Å²) in [4.78, 5) is 21.2. The van der Waals surface area contributed by atoms with E-state index in [9.17, 15) is 4.79 Å². The fraction of sp³-hybridized carbons (Fsp3) is 0.158. The number of aromatic amines is 1. The van der Waals surface area contributed by atoms with Crippen molar-refractivity contribution in [2.24, 2.45) is 0 Å². The predicted molar refractivity (Wildman–Crippen MR) is 111 cm³/mol. The number of thioether (sulfide) groups is 1. The fourth-order valence-corrected chi connectivity index (χ4v) is 3.58. The van der Waals surface area contributed by atoms with Gasteiger partial charge in [0.1, 0.15) is 18.0 Å². The Balaban J connectivity index is 1.39. The summed E-state index contributed by atoms with van der Waals surface area (Å²) in [5, 5.41) is 7.64. The Bertz CT molecular complexity index is 1170. The van der Waals surface area contributed by atoms with Gasteiger partial charge in [-0.2, -0.15) is 0 Å². The summed E-state index contributed by atoms with van der Waals surface area (Å²) in [6.07, 6.45) is 1.71. The average Bonchev–Trinajstić information content (AvgIpc) is 3.14. The van der Waals surface area contributed by atoms with Crippen molar-refractivity contribution < 1.29 is 4.74 Å². The average molecular weight is 458 g/mol. The van der Waals surface area contributed by atoms with Gasteiger partial charge in [-0.15, -0.1) is 5.10 Å². The smallest absolute Gasteiger partial charge is 0.258 e. The largest absolute Gasteiger partial charge is 0.486 e. The molecule has 3 heterocycles. The van der Waals surface area contributed by atoms with Crippen LogP contribution in [0.3, 0.4) is 0 Å². The van der Waals surface area contributed by atoms with E-state index in [0.29, 0.717) is 34.7 Å². The molecule has 0 amide bonds. The van der Waals surface area contributed by atoms with E-state index in [4.69, 9.17) is 4.74 Å². The van der Waals surface area contributed by atoms with Crippen LogP contribution >= 0.6 is 27.7 Å². The number of hydrogen-bond acceptors (Lipinski definition) is 6. The molecule has 0 aliphatic carbocycles. The first-order valence-corrected chi connectivity index (χ1v) is 10.3. The minimum atomic E-state index is -0.121. The molecule has 0 bridgehead atoms. The summed E-state index contributed by atoms with van der Waals surface area (Å²) < 4.78 is 8.03. The van der Waals surface area contributed by atoms with Crippen molar-refractivity contribution in [3.63, 3.8) is 0 Å². The number of rotatable bonds is 6. The van der Waals surface area contributed by atoms with Crippen LogP contribution in [0.2, 0.25) is 0 Å². The minimum absolute atomic E-state index is 0.121. The topological polar surface area (TPSA) is 85.2 Å². The number of fused-ring (bicyclic) bond motifs is 1. The van der Waals surface area contributed by atoms with E-state index in [-0.39, 0.29) is 5.56 Å². The molecule has 3 aromatic heterocycles. The Kier molecular flexibility index (Phi) is 5.45. The third-order valence-corrected chi connectivity index (χ3v) is 5.28. The SMILES string of the molecule is Cc1ccc(OCc2nc(SCc3cc(=O)n4cc(Br)ccc4n3)n[nH]2)cc1. The molecule has 28 heavy (non-hydrogen) atoms. The number of benzene rings is 1. The van der Waals surface area contributed by atoms with Gasteiger partial charge >= 0.3 is 0 Å². The molecule has 0 aliphatic rings. The van der Waals surface area contributed by atoms with Crippen LogP contribution in [-0.4, -0.2) is 24.6 Å². The molecular formula is C19H16BrN5O2S. The summed E-state index contributed by atoms with van der Waals surface area (Å²) in [6.45, 7) is 2.34. The Morgan fingerprint density at radius 3 is 2.82 bits per heavy atom. The van der Waals surface area contributed by atoms with E-state index in [1.165, 1.54) is 27.8 Å². The number of ether oxygens (including phenoxy) is 1. The summed E-state index contributed by atoms with van der Waals surface area (Å²) in [6, 6.07) is 13.0. The molecule has 4 rings (SSSR count). The lowest BCUT2D eigenvalue weighted by Crippen LogP contribution is -2.15. The van der Waals surface area contributed by atoms with Crippen molar-refractivity contribution in [1.82, 2.24) is 24.6 Å². The second kappa shape index (κ2) is 8.15. The molecule has 0 atom stereocenters. The van der Waals surface area contributed by atoms with Crippen molar-refractivity contribution in [2.75, 3.05) is 0 Å². The van der Waals surface area contributed by atoms with Gasteiger partial charge in [-0.25, -0.2) is 9.97 Å². The third-order valence-electron chi connectivity index (χ3n) is 3.93. The van der Waals surface area contributed by atoms with E-state index in [0.717, 1.165) is 10.2 Å². The highest BCUT2D eigenvalue weighted by atomic mass is 79.9. The molecule has 0 spiro atoms. The quantitative estimate of drug-likeness (QED) is 0.443. The zero-order chi connectivity index (χ0) is 19.5. The second-order valence-corrected chi connectivity index (χ2v) is 7.97. The summed E-state index contributed by atoms with van der Waals surface area (Å²) in [5.41, 5.74) is 2.34. The minimum Gasteiger partial charge on any atom is -0.486 e. The van der Waals surface area contributed by atoms with Crippen LogP contribution in [0, 0.1) is 6.92 Å². The highest BCUT2D eigenvalue weighted by Crippen LogP contribution is 2.19. The lowest BCUT2D eigenvalue weighted by atomic mass is 10.2. The Morgan fingerprint density at radius 2 is 2.00 bits per heavy atom. The molecule has 1 N–H and O–H groups in total. The van der Waals surface area contributed by atoms with Gasteiger partial charge in [-0.3, -0.25) is 14.3 Å². The lowest BCUT2D eigenvalue weighted by molar-refractivity contribution is 0.296. The van der Waals surface area contributed by atoms with Gasteiger partial charge in [0.2, 0.25) is 5.16 Å².